The van der Waals surface area contributed by atoms with Gasteiger partial charge in [0.15, 0.2) is 0 Å². The molecule has 0 fully saturated rings. The van der Waals surface area contributed by atoms with Crippen LogP contribution in [-0.2, 0) is 14.2 Å². The van der Waals surface area contributed by atoms with E-state index in [2.05, 4.69) is 56.0 Å². The Balaban J connectivity index is -0.000000981. The van der Waals surface area contributed by atoms with Gasteiger partial charge in [0.05, 0.1) is 0 Å². The molecule has 9 N–H and O–H groups in total. The van der Waals surface area contributed by atoms with Crippen molar-refractivity contribution in [2.75, 3.05) is 39.3 Å². The van der Waals surface area contributed by atoms with Gasteiger partial charge in [0.25, 0.3) is 20.6 Å². The number of nitrogens with zero attached hydrogens (tertiary/aromatic N) is 2. The first-order chi connectivity index (χ1) is 26.7. The second-order valence-electron chi connectivity index (χ2n) is 13.7. The number of hydrogen-bond donors (Lipinski definition) is 9. The van der Waals surface area contributed by atoms with Crippen LogP contribution in [0.2, 0.25) is 0 Å². The zero-order valence-corrected chi connectivity index (χ0v) is 41.8. The number of alkyl halides is 8. The fraction of sp³-hybridized carbons (Fsp3) is 0.941. The molecule has 0 heterocycles. The Morgan fingerprint density at radius 1 is 0.441 bits per heavy atom. The molecule has 8 unspecified atom stereocenters. The van der Waals surface area contributed by atoms with Crippen molar-refractivity contribution in [2.45, 2.75) is 159 Å². The van der Waals surface area contributed by atoms with Crippen LogP contribution < -0.4 is 0 Å². The van der Waals surface area contributed by atoms with Crippen molar-refractivity contribution in [3.8, 4) is 0 Å². The van der Waals surface area contributed by atoms with Gasteiger partial charge in [-0.3, -0.25) is 9.59 Å². The summed E-state index contributed by atoms with van der Waals surface area (Å²) < 4.78 is 3.98. The average Bonchev–Trinajstić information content (AvgIpc) is 3.13. The van der Waals surface area contributed by atoms with Crippen molar-refractivity contribution >= 4 is 134 Å². The molecule has 0 radical (unpaired) electrons. The summed E-state index contributed by atoms with van der Waals surface area (Å²) in [7, 11) is -3.11. The highest BCUT2D eigenvalue weighted by Gasteiger charge is 2.83. The third kappa shape index (κ3) is 17.9. The predicted molar refractivity (Wildman–Crippen MR) is 240 cm³/mol. The van der Waals surface area contributed by atoms with Crippen LogP contribution in [0.1, 0.15) is 119 Å². The molecule has 0 saturated carbocycles. The highest BCUT2D eigenvalue weighted by Crippen LogP contribution is 2.61. The first-order valence-corrected chi connectivity index (χ1v) is 23.0. The molecule has 0 aromatic rings. The SMILES string of the molecule is CCCCN(CCCC)CCCC.CCCCN(CCCC)CCCC.O=C(Cl)C(O)(Cl)C(O)(Cl)C(O)(Cl)C(O)(Cl)C(O)(Cl)C(O)(Cl)C(O)(Cl)C(Cl)(OB(O)O)C(=O)Cl. The molecule has 0 spiro atoms. The maximum Gasteiger partial charge on any atom is 0.635 e. The Hall–Kier alpha value is 1.82. The Morgan fingerprint density at radius 2 is 0.661 bits per heavy atom. The van der Waals surface area contributed by atoms with Crippen LogP contribution in [0.15, 0.2) is 0 Å². The minimum atomic E-state index is -4.66. The molecule has 25 heteroatoms. The van der Waals surface area contributed by atoms with E-state index >= 15 is 0 Å². The van der Waals surface area contributed by atoms with Crippen LogP contribution in [0.5, 0.6) is 0 Å². The largest absolute Gasteiger partial charge is 0.635 e. The Labute approximate surface area is 399 Å². The second-order valence-corrected chi connectivity index (χ2v) is 18.8. The number of hydrogen-bond acceptors (Lipinski definition) is 14. The summed E-state index contributed by atoms with van der Waals surface area (Å²) in [6.07, 6.45) is 16.2. The van der Waals surface area contributed by atoms with Gasteiger partial charge in [-0.2, -0.15) is 0 Å². The molecule has 0 aliphatic rings. The molecule has 0 amide bonds. The number of halogens is 10. The summed E-state index contributed by atoms with van der Waals surface area (Å²) >= 11 is 53.3. The van der Waals surface area contributed by atoms with Gasteiger partial charge in [0, 0.05) is 0 Å². The van der Waals surface area contributed by atoms with Crippen molar-refractivity contribution in [3.63, 3.8) is 0 Å². The molecule has 0 aliphatic heterocycles. The third-order valence-corrected chi connectivity index (χ3v) is 14.5. The fourth-order valence-electron chi connectivity index (χ4n) is 4.80. The van der Waals surface area contributed by atoms with Gasteiger partial charge in [-0.05, 0) is 101 Å². The average molecular weight is 1060 g/mol. The molecule has 0 aromatic heterocycles. The van der Waals surface area contributed by atoms with Crippen molar-refractivity contribution < 1.29 is 60.0 Å². The van der Waals surface area contributed by atoms with Gasteiger partial charge >= 0.3 is 7.32 Å². The number of aliphatic hydroxyl groups is 7. The molecular formula is C34H63BCl10N2O12. The van der Waals surface area contributed by atoms with Crippen molar-refractivity contribution in [2.24, 2.45) is 0 Å². The third-order valence-electron chi connectivity index (χ3n) is 8.81. The van der Waals surface area contributed by atoms with Crippen LogP contribution in [0.3, 0.4) is 0 Å². The van der Waals surface area contributed by atoms with Crippen molar-refractivity contribution in [1.29, 1.82) is 0 Å². The standard InChI is InChI=1S/2C12H27N.C10H9BCl10O12/c2*1-4-7-10-13(11-8-5-2)12-9-6-3;12-1(22)3(14,24)5(16,25)7(18,27)9(20,29)10(21,30)8(19,28)6(17,26)4(15,2(13)23)33-11(31)32/h2*4-12H2,1-3H3;24-32H. The molecule has 0 aliphatic carbocycles. The van der Waals surface area contributed by atoms with Crippen LogP contribution >= 0.6 is 116 Å². The molecule has 59 heavy (non-hydrogen) atoms. The fourth-order valence-corrected chi connectivity index (χ4v) is 7.44. The van der Waals surface area contributed by atoms with E-state index in [9.17, 15) is 45.3 Å². The smallest absolute Gasteiger partial charge is 0.402 e. The number of rotatable bonds is 29. The summed E-state index contributed by atoms with van der Waals surface area (Å²) in [6.45, 7) is 21.5. The van der Waals surface area contributed by atoms with E-state index in [0.717, 1.165) is 0 Å². The Kier molecular flexibility index (Phi) is 32.5. The molecule has 354 valence electrons. The minimum Gasteiger partial charge on any atom is -0.402 e. The molecule has 0 saturated heterocycles. The molecular weight excluding hydrogens is 994 g/mol. The van der Waals surface area contributed by atoms with Crippen LogP contribution in [0.25, 0.3) is 0 Å². The van der Waals surface area contributed by atoms with Crippen molar-refractivity contribution in [3.05, 3.63) is 0 Å². The summed E-state index contributed by atoms with van der Waals surface area (Å²) in [5.41, 5.74) is 0. The normalized spacial score (nSPS) is 20.1. The van der Waals surface area contributed by atoms with E-state index in [4.69, 9.17) is 126 Å². The monoisotopic (exact) mass is 1050 g/mol. The summed E-state index contributed by atoms with van der Waals surface area (Å²) in [5.74, 6) is 0. The zero-order chi connectivity index (χ0) is 47.3. The van der Waals surface area contributed by atoms with E-state index < -0.39 is 58.3 Å². The second kappa shape index (κ2) is 29.5. The first-order valence-electron chi connectivity index (χ1n) is 19.2. The van der Waals surface area contributed by atoms with Crippen LogP contribution in [0.4, 0.5) is 0 Å². The number of carbonyl (C=O) groups excluding carboxylic acids is 2. The van der Waals surface area contributed by atoms with E-state index in [0.29, 0.717) is 0 Å². The topological polar surface area (TPSA) is 232 Å². The maximum atomic E-state index is 11.6. The van der Waals surface area contributed by atoms with E-state index in [1.54, 1.807) is 0 Å². The van der Waals surface area contributed by atoms with Crippen LogP contribution in [-0.4, -0.2) is 153 Å². The molecule has 0 rings (SSSR count). The van der Waals surface area contributed by atoms with Gasteiger partial charge in [-0.25, -0.2) is 0 Å². The minimum absolute atomic E-state index is 1.32. The van der Waals surface area contributed by atoms with E-state index in [1.165, 1.54) is 116 Å². The predicted octanol–water partition coefficient (Wildman–Crippen LogP) is 6.31. The lowest BCUT2D eigenvalue weighted by Crippen LogP contribution is -2.81. The molecule has 14 nitrogen and oxygen atoms in total. The Morgan fingerprint density at radius 3 is 0.847 bits per heavy atom. The number of carbonyl (C=O) groups is 2. The van der Waals surface area contributed by atoms with Gasteiger partial charge in [-0.1, -0.05) is 173 Å². The van der Waals surface area contributed by atoms with Crippen molar-refractivity contribution in [1.82, 2.24) is 9.80 Å². The van der Waals surface area contributed by atoms with E-state index in [1.807, 2.05) is 0 Å². The lowest BCUT2D eigenvalue weighted by atomic mass is 9.89. The highest BCUT2D eigenvalue weighted by molar-refractivity contribution is 6.72. The van der Waals surface area contributed by atoms with Gasteiger partial charge in [-0.15, -0.1) is 0 Å². The molecule has 8 atom stereocenters. The first kappa shape index (κ1) is 65.1. The lowest BCUT2D eigenvalue weighted by Gasteiger charge is -2.54. The molecule has 0 bridgehead atoms. The van der Waals surface area contributed by atoms with E-state index in [-0.39, 0.29) is 0 Å². The maximum absolute atomic E-state index is 11.6. The van der Waals surface area contributed by atoms with Gasteiger partial charge < -0.3 is 60.2 Å². The highest BCUT2D eigenvalue weighted by atomic mass is 35.5. The quantitative estimate of drug-likeness (QED) is 0.0227. The summed E-state index contributed by atoms with van der Waals surface area (Å²) in [5, 5.41) is 50.2. The molecule has 0 aromatic carbocycles. The van der Waals surface area contributed by atoms with Gasteiger partial charge in [0.2, 0.25) is 30.4 Å². The lowest BCUT2D eigenvalue weighted by molar-refractivity contribution is -0.256. The zero-order valence-electron chi connectivity index (χ0n) is 34.2. The Bertz CT molecular complexity index is 1130. The van der Waals surface area contributed by atoms with Crippen LogP contribution in [0, 0.1) is 0 Å². The van der Waals surface area contributed by atoms with Gasteiger partial charge in [0.1, 0.15) is 0 Å². The summed E-state index contributed by atoms with van der Waals surface area (Å²) in [4.78, 5) is 28.2. The summed E-state index contributed by atoms with van der Waals surface area (Å²) in [6, 6.07) is 0. The number of unbranched alkanes of at least 4 members (excludes halogenated alkanes) is 6.